The number of anilines is 1. The molecule has 1 aliphatic heterocycles. The minimum absolute atomic E-state index is 0.0600. The minimum atomic E-state index is -2.96. The van der Waals surface area contributed by atoms with Gasteiger partial charge in [-0.1, -0.05) is 12.1 Å². The summed E-state index contributed by atoms with van der Waals surface area (Å²) >= 11 is 1.03. The maximum absolute atomic E-state index is 13.4. The molecule has 0 radical (unpaired) electrons. The summed E-state index contributed by atoms with van der Waals surface area (Å²) in [6.45, 7) is 3.37. The van der Waals surface area contributed by atoms with Crippen molar-refractivity contribution < 1.29 is 28.5 Å². The number of rotatable bonds is 8. The lowest BCUT2D eigenvalue weighted by Crippen LogP contribution is -2.46. The van der Waals surface area contributed by atoms with E-state index in [1.807, 2.05) is 32.0 Å². The second-order valence-corrected chi connectivity index (χ2v) is 11.5. The van der Waals surface area contributed by atoms with Crippen LogP contribution in [0.25, 0.3) is 11.3 Å². The highest BCUT2D eigenvalue weighted by atomic mass is 127. The third-order valence-corrected chi connectivity index (χ3v) is 7.44. The van der Waals surface area contributed by atoms with Crippen LogP contribution in [0.15, 0.2) is 48.7 Å². The molecule has 7 nitrogen and oxygen atoms in total. The minimum Gasteiger partial charge on any atom is -0.486 e. The lowest BCUT2D eigenvalue weighted by Gasteiger charge is -2.34. The Labute approximate surface area is 227 Å². The molecule has 10 heteroatoms. The van der Waals surface area contributed by atoms with E-state index in [1.165, 1.54) is 0 Å². The number of alkyl halides is 3. The number of Topliss-reactive ketones (excluding diaryl/α,β-unsaturated/α-hetero) is 1. The number of carbonyl (C=O) groups excluding carboxylic acids is 1. The third-order valence-electron chi connectivity index (χ3n) is 7.13. The molecular formula is C27H28F2IN3O4. The zero-order chi connectivity index (χ0) is 26.5. The van der Waals surface area contributed by atoms with Gasteiger partial charge in [0.25, 0.3) is 0 Å². The number of nitrogens with one attached hydrogen (secondary N) is 1. The molecule has 1 fully saturated rings. The average molecular weight is 623 g/mol. The van der Waals surface area contributed by atoms with E-state index in [0.29, 0.717) is 17.7 Å². The lowest BCUT2D eigenvalue weighted by atomic mass is 9.90. The number of aromatic amines is 1. The lowest BCUT2D eigenvalue weighted by molar-refractivity contribution is 0.0343. The molecular weight excluding hydrogens is 595 g/mol. The Morgan fingerprint density at radius 3 is 2.59 bits per heavy atom. The Morgan fingerprint density at radius 1 is 1.24 bits per heavy atom. The van der Waals surface area contributed by atoms with Crippen LogP contribution >= 0.6 is 22.6 Å². The second-order valence-electron chi connectivity index (χ2n) is 9.97. The molecule has 37 heavy (non-hydrogen) atoms. The Kier molecular flexibility index (Phi) is 7.01. The van der Waals surface area contributed by atoms with Gasteiger partial charge in [-0.05, 0) is 61.7 Å². The molecule has 4 atom stereocenters. The zero-order valence-electron chi connectivity index (χ0n) is 20.4. The van der Waals surface area contributed by atoms with Crippen molar-refractivity contribution in [2.24, 2.45) is 0 Å². The van der Waals surface area contributed by atoms with Crippen LogP contribution < -0.4 is 9.64 Å². The largest absolute Gasteiger partial charge is 0.486 e. The highest BCUT2D eigenvalue weighted by Crippen LogP contribution is 2.53. The van der Waals surface area contributed by atoms with Crippen molar-refractivity contribution in [1.82, 2.24) is 10.2 Å². The summed E-state index contributed by atoms with van der Waals surface area (Å²) in [6.07, 6.45) is 0.479. The van der Waals surface area contributed by atoms with E-state index < -0.39 is 22.7 Å². The van der Waals surface area contributed by atoms with Crippen molar-refractivity contribution in [3.05, 3.63) is 65.4 Å². The van der Waals surface area contributed by atoms with Crippen LogP contribution in [0, 0.1) is 0 Å². The van der Waals surface area contributed by atoms with E-state index in [1.54, 1.807) is 30.5 Å². The number of aliphatic hydroxyl groups excluding tert-OH is 2. The highest BCUT2D eigenvalue weighted by Gasteiger charge is 2.52. The molecule has 0 bridgehead atoms. The van der Waals surface area contributed by atoms with Crippen molar-refractivity contribution >= 4 is 34.1 Å². The number of nitrogens with zero attached hydrogens (tertiary/aromatic N) is 2. The maximum Gasteiger partial charge on any atom is 0.329 e. The summed E-state index contributed by atoms with van der Waals surface area (Å²) in [5.41, 5.74) is 4.73. The number of aliphatic hydroxyl groups is 2. The number of ketones is 1. The van der Waals surface area contributed by atoms with E-state index in [-0.39, 0.29) is 30.2 Å². The number of hydrogen-bond donors (Lipinski definition) is 3. The molecule has 3 N–H and O–H groups in total. The third kappa shape index (κ3) is 5.10. The maximum atomic E-state index is 13.4. The molecule has 0 spiro atoms. The van der Waals surface area contributed by atoms with E-state index in [2.05, 4.69) is 15.1 Å². The predicted molar refractivity (Wildman–Crippen MR) is 144 cm³/mol. The summed E-state index contributed by atoms with van der Waals surface area (Å²) in [4.78, 5) is 15.6. The van der Waals surface area contributed by atoms with Crippen molar-refractivity contribution in [3.8, 4) is 17.0 Å². The van der Waals surface area contributed by atoms with Crippen molar-refractivity contribution in [2.75, 3.05) is 11.5 Å². The topological polar surface area (TPSA) is 98.7 Å². The quantitative estimate of drug-likeness (QED) is 0.191. The Balaban J connectivity index is 1.47. The van der Waals surface area contributed by atoms with E-state index in [0.717, 1.165) is 50.7 Å². The molecule has 1 aromatic heterocycles. The van der Waals surface area contributed by atoms with Crippen molar-refractivity contribution in [3.63, 3.8) is 0 Å². The Hall–Kier alpha value is -2.57. The summed E-state index contributed by atoms with van der Waals surface area (Å²) in [7, 11) is 0. The monoisotopic (exact) mass is 623 g/mol. The van der Waals surface area contributed by atoms with Gasteiger partial charge in [-0.3, -0.25) is 9.89 Å². The van der Waals surface area contributed by atoms with Gasteiger partial charge < -0.3 is 19.8 Å². The van der Waals surface area contributed by atoms with Crippen molar-refractivity contribution in [1.29, 1.82) is 0 Å². The number of halogens is 3. The number of ether oxygens (including phenoxy) is 1. The van der Waals surface area contributed by atoms with Crippen LogP contribution in [0.5, 0.6) is 5.75 Å². The summed E-state index contributed by atoms with van der Waals surface area (Å²) in [5, 5.41) is 28.4. The highest BCUT2D eigenvalue weighted by molar-refractivity contribution is 14.1. The Morgan fingerprint density at radius 2 is 1.97 bits per heavy atom. The van der Waals surface area contributed by atoms with Gasteiger partial charge in [0.05, 0.1) is 23.5 Å². The van der Waals surface area contributed by atoms with Gasteiger partial charge in [-0.15, -0.1) is 0 Å². The number of H-pyrrole nitrogens is 1. The first kappa shape index (κ1) is 26.1. The normalized spacial score (nSPS) is 22.9. The second kappa shape index (κ2) is 9.95. The summed E-state index contributed by atoms with van der Waals surface area (Å²) in [5.74, 6) is 0.101. The zero-order valence-corrected chi connectivity index (χ0v) is 22.5. The van der Waals surface area contributed by atoms with Gasteiger partial charge in [-0.2, -0.15) is 13.9 Å². The van der Waals surface area contributed by atoms with Crippen LogP contribution in [0.1, 0.15) is 47.7 Å². The molecule has 5 rings (SSSR count). The number of hydrogen-bond acceptors (Lipinski definition) is 6. The molecule has 0 amide bonds. The van der Waals surface area contributed by atoms with E-state index in [4.69, 9.17) is 4.74 Å². The first-order valence-corrected chi connectivity index (χ1v) is 13.2. The fourth-order valence-electron chi connectivity index (χ4n) is 5.58. The number of fused-ring (bicyclic) bond motifs is 3. The number of aromatic nitrogens is 2. The molecule has 196 valence electrons. The van der Waals surface area contributed by atoms with Crippen LogP contribution in [-0.4, -0.2) is 61.0 Å². The molecule has 1 aliphatic carbocycles. The van der Waals surface area contributed by atoms with E-state index in [9.17, 15) is 23.8 Å². The molecule has 1 saturated carbocycles. The van der Waals surface area contributed by atoms with Crippen LogP contribution in [0.2, 0.25) is 0 Å². The van der Waals surface area contributed by atoms with E-state index >= 15 is 0 Å². The Bertz CT molecular complexity index is 1280. The van der Waals surface area contributed by atoms with Gasteiger partial charge in [0.1, 0.15) is 11.9 Å². The van der Waals surface area contributed by atoms with Crippen LogP contribution in [0.3, 0.4) is 0 Å². The molecule has 4 unspecified atom stereocenters. The predicted octanol–water partition coefficient (Wildman–Crippen LogP) is 4.71. The number of carbonyl (C=O) groups is 1. The molecule has 0 saturated heterocycles. The van der Waals surface area contributed by atoms with Gasteiger partial charge in [0.2, 0.25) is 0 Å². The summed E-state index contributed by atoms with van der Waals surface area (Å²) in [6, 6.07) is 11.9. The summed E-state index contributed by atoms with van der Waals surface area (Å²) < 4.78 is 28.3. The van der Waals surface area contributed by atoms with Gasteiger partial charge in [0.15, 0.2) is 12.4 Å². The average Bonchev–Trinajstić information content (AvgIpc) is 3.55. The molecule has 3 aromatic rings. The SMILES string of the molecule is CC(C)N1c2c(-c3ccn[nH]3)cc(C(=O)Cc3ccc(OCC(F)(F)I)cc3)cc2C2CC(O)C(O)C21. The number of benzene rings is 2. The van der Waals surface area contributed by atoms with Crippen LogP contribution in [0.4, 0.5) is 14.5 Å². The smallest absolute Gasteiger partial charge is 0.329 e. The molecule has 2 aromatic carbocycles. The van der Waals surface area contributed by atoms with Gasteiger partial charge in [-0.25, -0.2) is 0 Å². The van der Waals surface area contributed by atoms with Gasteiger partial charge in [0, 0.05) is 58.3 Å². The fraction of sp³-hybridized carbons (Fsp3) is 0.407. The van der Waals surface area contributed by atoms with Gasteiger partial charge >= 0.3 is 3.93 Å². The standard InChI is InChI=1S/C27H28F2IN3O4/c1-14(2)33-24-18(19-12-23(35)26(36)25(19)33)10-16(11-20(24)21-7-8-31-32-21)22(34)9-15-3-5-17(6-4-15)37-13-27(28,29)30/h3-8,10-11,14,19,23,25-26,35-36H,9,12-13H2,1-2H3,(H,31,32). The first-order chi connectivity index (χ1) is 17.5. The first-order valence-electron chi connectivity index (χ1n) is 12.2. The fourth-order valence-corrected chi connectivity index (χ4v) is 5.74. The van der Waals surface area contributed by atoms with Crippen LogP contribution in [-0.2, 0) is 6.42 Å². The molecule has 2 heterocycles. The molecule has 2 aliphatic rings. The van der Waals surface area contributed by atoms with Crippen molar-refractivity contribution in [2.45, 2.75) is 60.8 Å².